The topological polar surface area (TPSA) is 24.5 Å². The van der Waals surface area contributed by atoms with Crippen LogP contribution in [0.3, 0.4) is 0 Å². The predicted molar refractivity (Wildman–Crippen MR) is 52.8 cm³/mol. The van der Waals surface area contributed by atoms with E-state index in [1.807, 2.05) is 0 Å². The van der Waals surface area contributed by atoms with Crippen molar-refractivity contribution < 1.29 is 4.74 Å². The number of nitrogens with one attached hydrogen (secondary N) is 1. The normalized spacial score (nSPS) is 26.3. The van der Waals surface area contributed by atoms with Crippen molar-refractivity contribution in [2.24, 2.45) is 5.92 Å². The molecule has 2 rings (SSSR count). The quantitative estimate of drug-likeness (QED) is 0.683. The van der Waals surface area contributed by atoms with E-state index in [1.165, 1.54) is 32.5 Å². The second kappa shape index (κ2) is 4.40. The van der Waals surface area contributed by atoms with Gasteiger partial charge in [0.2, 0.25) is 0 Å². The Hall–Kier alpha value is -0.120. The molecular formula is C10H20N2O. The SMILES string of the molecule is CN(CC1CNC1)C1CCOCC1. The molecule has 0 saturated carbocycles. The van der Waals surface area contributed by atoms with E-state index in [2.05, 4.69) is 17.3 Å². The zero-order valence-electron chi connectivity index (χ0n) is 8.46. The molecule has 1 N–H and O–H groups in total. The largest absolute Gasteiger partial charge is 0.381 e. The third-order valence-corrected chi connectivity index (χ3v) is 3.23. The van der Waals surface area contributed by atoms with E-state index in [9.17, 15) is 0 Å². The zero-order chi connectivity index (χ0) is 9.10. The van der Waals surface area contributed by atoms with Gasteiger partial charge in [0.15, 0.2) is 0 Å². The molecule has 2 fully saturated rings. The molecule has 0 aliphatic carbocycles. The fraction of sp³-hybridized carbons (Fsp3) is 1.00. The van der Waals surface area contributed by atoms with E-state index >= 15 is 0 Å². The summed E-state index contributed by atoms with van der Waals surface area (Å²) >= 11 is 0. The summed E-state index contributed by atoms with van der Waals surface area (Å²) in [4.78, 5) is 2.52. The molecule has 0 radical (unpaired) electrons. The van der Waals surface area contributed by atoms with Crippen LogP contribution in [0.4, 0.5) is 0 Å². The highest BCUT2D eigenvalue weighted by molar-refractivity contribution is 4.80. The van der Waals surface area contributed by atoms with Gasteiger partial charge in [0, 0.05) is 38.9 Å². The van der Waals surface area contributed by atoms with Crippen LogP contribution in [0.15, 0.2) is 0 Å². The Morgan fingerprint density at radius 1 is 1.31 bits per heavy atom. The lowest BCUT2D eigenvalue weighted by Crippen LogP contribution is -2.50. The molecule has 2 aliphatic rings. The molecule has 0 aromatic rings. The van der Waals surface area contributed by atoms with Crippen LogP contribution in [0.5, 0.6) is 0 Å². The zero-order valence-corrected chi connectivity index (χ0v) is 8.46. The Balaban J connectivity index is 1.70. The standard InChI is InChI=1S/C10H20N2O/c1-12(8-9-6-11-7-9)10-2-4-13-5-3-10/h9-11H,2-8H2,1H3. The summed E-state index contributed by atoms with van der Waals surface area (Å²) < 4.78 is 5.36. The average Bonchev–Trinajstić information content (AvgIpc) is 2.12. The Kier molecular flexibility index (Phi) is 3.19. The molecule has 2 heterocycles. The van der Waals surface area contributed by atoms with Crippen LogP contribution >= 0.6 is 0 Å². The van der Waals surface area contributed by atoms with Gasteiger partial charge in [-0.2, -0.15) is 0 Å². The van der Waals surface area contributed by atoms with Gasteiger partial charge < -0.3 is 15.0 Å². The van der Waals surface area contributed by atoms with Gasteiger partial charge in [0.25, 0.3) is 0 Å². The number of ether oxygens (including phenoxy) is 1. The summed E-state index contributed by atoms with van der Waals surface area (Å²) in [5.74, 6) is 0.896. The molecule has 0 bridgehead atoms. The summed E-state index contributed by atoms with van der Waals surface area (Å²) in [6, 6.07) is 0.773. The molecule has 0 unspecified atom stereocenters. The monoisotopic (exact) mass is 184 g/mol. The lowest BCUT2D eigenvalue weighted by molar-refractivity contribution is 0.0353. The minimum absolute atomic E-state index is 0.773. The first-order valence-electron chi connectivity index (χ1n) is 5.35. The van der Waals surface area contributed by atoms with Gasteiger partial charge in [-0.3, -0.25) is 0 Å². The van der Waals surface area contributed by atoms with E-state index < -0.39 is 0 Å². The summed E-state index contributed by atoms with van der Waals surface area (Å²) in [7, 11) is 2.26. The van der Waals surface area contributed by atoms with Gasteiger partial charge in [-0.15, -0.1) is 0 Å². The Bertz CT molecular complexity index is 153. The fourth-order valence-electron chi connectivity index (χ4n) is 2.16. The Labute approximate surface area is 80.4 Å². The van der Waals surface area contributed by atoms with E-state index in [0.29, 0.717) is 0 Å². The van der Waals surface area contributed by atoms with Gasteiger partial charge in [-0.25, -0.2) is 0 Å². The molecule has 0 aromatic carbocycles. The highest BCUT2D eigenvalue weighted by atomic mass is 16.5. The predicted octanol–water partition coefficient (Wildman–Crippen LogP) is 0.317. The maximum atomic E-state index is 5.36. The molecule has 13 heavy (non-hydrogen) atoms. The van der Waals surface area contributed by atoms with Crippen LogP contribution in [-0.4, -0.2) is 50.8 Å². The summed E-state index contributed by atoms with van der Waals surface area (Å²) in [5, 5.41) is 3.32. The maximum absolute atomic E-state index is 5.36. The van der Waals surface area contributed by atoms with Gasteiger partial charge in [0.1, 0.15) is 0 Å². The van der Waals surface area contributed by atoms with E-state index in [4.69, 9.17) is 4.74 Å². The van der Waals surface area contributed by atoms with Gasteiger partial charge >= 0.3 is 0 Å². The third kappa shape index (κ3) is 2.42. The lowest BCUT2D eigenvalue weighted by atomic mass is 10.0. The van der Waals surface area contributed by atoms with Gasteiger partial charge in [-0.1, -0.05) is 0 Å². The van der Waals surface area contributed by atoms with Crippen molar-refractivity contribution in [2.75, 3.05) is 39.9 Å². The molecule has 3 nitrogen and oxygen atoms in total. The maximum Gasteiger partial charge on any atom is 0.0480 e. The Morgan fingerprint density at radius 3 is 2.54 bits per heavy atom. The molecule has 2 saturated heterocycles. The number of hydrogen-bond acceptors (Lipinski definition) is 3. The van der Waals surface area contributed by atoms with Gasteiger partial charge in [0.05, 0.1) is 0 Å². The molecule has 76 valence electrons. The molecule has 0 atom stereocenters. The van der Waals surface area contributed by atoms with Crippen molar-refractivity contribution in [3.8, 4) is 0 Å². The van der Waals surface area contributed by atoms with Crippen molar-refractivity contribution in [1.29, 1.82) is 0 Å². The number of hydrogen-bond donors (Lipinski definition) is 1. The summed E-state index contributed by atoms with van der Waals surface area (Å²) in [5.41, 5.74) is 0. The van der Waals surface area contributed by atoms with Crippen LogP contribution in [0.25, 0.3) is 0 Å². The Morgan fingerprint density at radius 2 is 2.00 bits per heavy atom. The van der Waals surface area contributed by atoms with Crippen molar-refractivity contribution in [1.82, 2.24) is 10.2 Å². The summed E-state index contributed by atoms with van der Waals surface area (Å²) in [6.07, 6.45) is 2.44. The van der Waals surface area contributed by atoms with Crippen molar-refractivity contribution in [2.45, 2.75) is 18.9 Å². The lowest BCUT2D eigenvalue weighted by Gasteiger charge is -2.36. The van der Waals surface area contributed by atoms with Crippen molar-refractivity contribution in [3.05, 3.63) is 0 Å². The van der Waals surface area contributed by atoms with E-state index in [-0.39, 0.29) is 0 Å². The first-order chi connectivity index (χ1) is 6.36. The van der Waals surface area contributed by atoms with E-state index in [0.717, 1.165) is 25.2 Å². The molecule has 0 aromatic heterocycles. The van der Waals surface area contributed by atoms with Crippen molar-refractivity contribution >= 4 is 0 Å². The fourth-order valence-corrected chi connectivity index (χ4v) is 2.16. The first-order valence-corrected chi connectivity index (χ1v) is 5.35. The van der Waals surface area contributed by atoms with Crippen LogP contribution in [-0.2, 0) is 4.74 Å². The number of rotatable bonds is 3. The second-order valence-electron chi connectivity index (χ2n) is 4.31. The molecule has 2 aliphatic heterocycles. The molecule has 3 heteroatoms. The highest BCUT2D eigenvalue weighted by Gasteiger charge is 2.23. The highest BCUT2D eigenvalue weighted by Crippen LogP contribution is 2.15. The molecular weight excluding hydrogens is 164 g/mol. The smallest absolute Gasteiger partial charge is 0.0480 e. The summed E-state index contributed by atoms with van der Waals surface area (Å²) in [6.45, 7) is 5.61. The first kappa shape index (κ1) is 9.44. The molecule has 0 amide bonds. The van der Waals surface area contributed by atoms with E-state index in [1.54, 1.807) is 0 Å². The third-order valence-electron chi connectivity index (χ3n) is 3.23. The van der Waals surface area contributed by atoms with Gasteiger partial charge in [-0.05, 0) is 25.8 Å². The van der Waals surface area contributed by atoms with Crippen LogP contribution in [0.2, 0.25) is 0 Å². The number of nitrogens with zero attached hydrogens (tertiary/aromatic N) is 1. The molecule has 0 spiro atoms. The minimum atomic E-state index is 0.773. The van der Waals surface area contributed by atoms with Crippen LogP contribution in [0, 0.1) is 5.92 Å². The second-order valence-corrected chi connectivity index (χ2v) is 4.31. The van der Waals surface area contributed by atoms with Crippen LogP contribution < -0.4 is 5.32 Å². The van der Waals surface area contributed by atoms with Crippen LogP contribution in [0.1, 0.15) is 12.8 Å². The van der Waals surface area contributed by atoms with Crippen molar-refractivity contribution in [3.63, 3.8) is 0 Å². The average molecular weight is 184 g/mol. The minimum Gasteiger partial charge on any atom is -0.381 e.